The average Bonchev–Trinajstić information content (AvgIpc) is 3.04. The summed E-state index contributed by atoms with van der Waals surface area (Å²) in [6.07, 6.45) is 3.40. The zero-order chi connectivity index (χ0) is 16.0. The summed E-state index contributed by atoms with van der Waals surface area (Å²) in [5, 5.41) is 9.77. The number of nitrogens with two attached hydrogens (primary N) is 1. The van der Waals surface area contributed by atoms with Crippen molar-refractivity contribution >= 4 is 5.91 Å². The van der Waals surface area contributed by atoms with E-state index in [0.717, 1.165) is 29.7 Å². The normalized spacial score (nSPS) is 25.3. The van der Waals surface area contributed by atoms with Gasteiger partial charge in [0.25, 0.3) is 0 Å². The molecule has 0 aromatic heterocycles. The molecule has 4 rings (SSSR count). The number of phenolic OH excluding ortho intramolecular Hbond substituents is 1. The first-order valence-corrected chi connectivity index (χ1v) is 8.03. The maximum Gasteiger partial charge on any atom is 0.248 e. The number of hydrogen-bond donors (Lipinski definition) is 2. The minimum Gasteiger partial charge on any atom is -0.508 e. The van der Waals surface area contributed by atoms with E-state index < -0.39 is 5.91 Å². The Hall–Kier alpha value is -2.49. The lowest BCUT2D eigenvalue weighted by molar-refractivity contribution is 0.0996. The second-order valence-corrected chi connectivity index (χ2v) is 6.45. The molecule has 4 heteroatoms. The van der Waals surface area contributed by atoms with E-state index in [0.29, 0.717) is 23.1 Å². The number of primary amides is 1. The van der Waals surface area contributed by atoms with Crippen LogP contribution in [0.25, 0.3) is 0 Å². The number of carbonyl (C=O) groups is 1. The summed E-state index contributed by atoms with van der Waals surface area (Å²) in [5.74, 6) is 1.56. The zero-order valence-corrected chi connectivity index (χ0v) is 12.7. The number of phenols is 1. The van der Waals surface area contributed by atoms with Gasteiger partial charge in [0.1, 0.15) is 17.6 Å². The predicted molar refractivity (Wildman–Crippen MR) is 86.5 cm³/mol. The lowest BCUT2D eigenvalue weighted by Gasteiger charge is -2.36. The third-order valence-electron chi connectivity index (χ3n) is 5.13. The van der Waals surface area contributed by atoms with Crippen LogP contribution in [0, 0.1) is 5.92 Å². The fourth-order valence-electron chi connectivity index (χ4n) is 4.05. The summed E-state index contributed by atoms with van der Waals surface area (Å²) in [5.41, 5.74) is 8.02. The Morgan fingerprint density at radius 3 is 2.65 bits per heavy atom. The molecule has 0 spiro atoms. The minimum atomic E-state index is -0.416. The summed E-state index contributed by atoms with van der Waals surface area (Å²) in [7, 11) is 0. The summed E-state index contributed by atoms with van der Waals surface area (Å²) in [6.45, 7) is 0. The molecule has 1 heterocycles. The topological polar surface area (TPSA) is 72.6 Å². The molecule has 3 N–H and O–H groups in total. The van der Waals surface area contributed by atoms with Gasteiger partial charge in [0, 0.05) is 17.0 Å². The van der Waals surface area contributed by atoms with E-state index >= 15 is 0 Å². The average molecular weight is 309 g/mol. The van der Waals surface area contributed by atoms with Crippen molar-refractivity contribution in [2.75, 3.05) is 0 Å². The number of amides is 1. The van der Waals surface area contributed by atoms with Crippen molar-refractivity contribution in [2.45, 2.75) is 31.3 Å². The molecule has 23 heavy (non-hydrogen) atoms. The van der Waals surface area contributed by atoms with Crippen molar-refractivity contribution in [1.29, 1.82) is 0 Å². The van der Waals surface area contributed by atoms with Crippen LogP contribution < -0.4 is 10.5 Å². The number of aromatic hydroxyl groups is 1. The third kappa shape index (κ3) is 2.34. The van der Waals surface area contributed by atoms with Gasteiger partial charge in [0.05, 0.1) is 0 Å². The summed E-state index contributed by atoms with van der Waals surface area (Å²) in [4.78, 5) is 11.2. The first-order chi connectivity index (χ1) is 11.1. The molecular formula is C19H19NO3. The molecule has 1 amide bonds. The highest BCUT2D eigenvalue weighted by Gasteiger charge is 2.41. The molecule has 2 aliphatic rings. The molecule has 4 nitrogen and oxygen atoms in total. The monoisotopic (exact) mass is 309 g/mol. The molecule has 118 valence electrons. The van der Waals surface area contributed by atoms with Crippen LogP contribution in [-0.2, 0) is 0 Å². The number of hydrogen-bond acceptors (Lipinski definition) is 3. The van der Waals surface area contributed by atoms with Gasteiger partial charge in [-0.2, -0.15) is 0 Å². The smallest absolute Gasteiger partial charge is 0.248 e. The zero-order valence-electron chi connectivity index (χ0n) is 12.7. The highest BCUT2D eigenvalue weighted by atomic mass is 16.5. The summed E-state index contributed by atoms with van der Waals surface area (Å²) >= 11 is 0. The van der Waals surface area contributed by atoms with Gasteiger partial charge >= 0.3 is 0 Å². The molecule has 3 unspecified atom stereocenters. The van der Waals surface area contributed by atoms with E-state index in [1.807, 2.05) is 24.3 Å². The lowest BCUT2D eigenvalue weighted by atomic mass is 9.80. The van der Waals surface area contributed by atoms with Gasteiger partial charge in [0.15, 0.2) is 0 Å². The van der Waals surface area contributed by atoms with Crippen molar-refractivity contribution < 1.29 is 14.6 Å². The fourth-order valence-corrected chi connectivity index (χ4v) is 4.05. The van der Waals surface area contributed by atoms with Crippen LogP contribution >= 0.6 is 0 Å². The van der Waals surface area contributed by atoms with Crippen molar-refractivity contribution in [3.8, 4) is 11.5 Å². The largest absolute Gasteiger partial charge is 0.508 e. The maximum absolute atomic E-state index is 11.2. The van der Waals surface area contributed by atoms with Gasteiger partial charge in [0.2, 0.25) is 5.91 Å². The number of ether oxygens (including phenoxy) is 1. The van der Waals surface area contributed by atoms with Crippen LogP contribution in [0.15, 0.2) is 42.5 Å². The Morgan fingerprint density at radius 1 is 1.13 bits per heavy atom. The van der Waals surface area contributed by atoms with Crippen molar-refractivity contribution in [3.63, 3.8) is 0 Å². The number of fused-ring (bicyclic) bond motifs is 3. The van der Waals surface area contributed by atoms with E-state index in [2.05, 4.69) is 0 Å². The van der Waals surface area contributed by atoms with Gasteiger partial charge in [-0.05, 0) is 54.7 Å². The summed E-state index contributed by atoms with van der Waals surface area (Å²) in [6, 6.07) is 12.8. The van der Waals surface area contributed by atoms with Crippen LogP contribution in [0.4, 0.5) is 0 Å². The highest BCUT2D eigenvalue weighted by Crippen LogP contribution is 2.54. The summed E-state index contributed by atoms with van der Waals surface area (Å²) < 4.78 is 6.26. The van der Waals surface area contributed by atoms with Crippen LogP contribution in [-0.4, -0.2) is 11.0 Å². The SMILES string of the molecule is NC(=O)c1ccc(C2Oc3ccc(O)cc3C3CCCC32)cc1. The Balaban J connectivity index is 1.72. The molecule has 0 radical (unpaired) electrons. The van der Waals surface area contributed by atoms with E-state index in [4.69, 9.17) is 10.5 Å². The highest BCUT2D eigenvalue weighted by molar-refractivity contribution is 5.92. The Bertz CT molecular complexity index is 754. The van der Waals surface area contributed by atoms with Crippen LogP contribution in [0.3, 0.4) is 0 Å². The van der Waals surface area contributed by atoms with Crippen LogP contribution in [0.2, 0.25) is 0 Å². The molecule has 2 aromatic rings. The first-order valence-electron chi connectivity index (χ1n) is 8.03. The Kier molecular flexibility index (Phi) is 3.26. The fraction of sp³-hybridized carbons (Fsp3) is 0.316. The molecule has 1 fully saturated rings. The van der Waals surface area contributed by atoms with E-state index in [9.17, 15) is 9.90 Å². The molecule has 2 aromatic carbocycles. The number of benzene rings is 2. The van der Waals surface area contributed by atoms with Crippen LogP contribution in [0.5, 0.6) is 11.5 Å². The van der Waals surface area contributed by atoms with Gasteiger partial charge in [-0.15, -0.1) is 0 Å². The van der Waals surface area contributed by atoms with Crippen molar-refractivity contribution in [3.05, 3.63) is 59.2 Å². The standard InChI is InChI=1S/C19H19NO3/c20-19(22)12-6-4-11(5-7-12)18-15-3-1-2-14(15)16-10-13(21)8-9-17(16)23-18/h4-10,14-15,18,21H,1-3H2,(H2,20,22). The predicted octanol–water partition coefficient (Wildman–Crippen LogP) is 3.51. The van der Waals surface area contributed by atoms with Gasteiger partial charge in [-0.1, -0.05) is 18.6 Å². The third-order valence-corrected chi connectivity index (χ3v) is 5.13. The minimum absolute atomic E-state index is 0.0125. The molecule has 3 atom stereocenters. The maximum atomic E-state index is 11.2. The number of rotatable bonds is 2. The van der Waals surface area contributed by atoms with Gasteiger partial charge < -0.3 is 15.6 Å². The van der Waals surface area contributed by atoms with Gasteiger partial charge in [-0.25, -0.2) is 0 Å². The van der Waals surface area contributed by atoms with E-state index in [1.165, 1.54) is 6.42 Å². The quantitative estimate of drug-likeness (QED) is 0.891. The molecule has 0 bridgehead atoms. The van der Waals surface area contributed by atoms with E-state index in [-0.39, 0.29) is 6.10 Å². The Morgan fingerprint density at radius 2 is 1.91 bits per heavy atom. The van der Waals surface area contributed by atoms with Crippen molar-refractivity contribution in [1.82, 2.24) is 0 Å². The molecule has 0 saturated heterocycles. The molecule has 1 saturated carbocycles. The second kappa shape index (κ2) is 5.30. The molecule has 1 aliphatic heterocycles. The lowest BCUT2D eigenvalue weighted by Crippen LogP contribution is -2.26. The first kappa shape index (κ1) is 14.1. The second-order valence-electron chi connectivity index (χ2n) is 6.45. The van der Waals surface area contributed by atoms with Gasteiger partial charge in [-0.3, -0.25) is 4.79 Å². The number of carbonyl (C=O) groups excluding carboxylic acids is 1. The van der Waals surface area contributed by atoms with E-state index in [1.54, 1.807) is 18.2 Å². The van der Waals surface area contributed by atoms with Crippen molar-refractivity contribution in [2.24, 2.45) is 11.7 Å². The molecular weight excluding hydrogens is 290 g/mol. The Labute approximate surface area is 134 Å². The van der Waals surface area contributed by atoms with Crippen LogP contribution in [0.1, 0.15) is 52.8 Å². The molecule has 1 aliphatic carbocycles.